The minimum atomic E-state index is -2.84. The van der Waals surface area contributed by atoms with Crippen molar-refractivity contribution in [3.8, 4) is 5.75 Å². The number of nitrogens with zero attached hydrogens (tertiary/aromatic N) is 1. The van der Waals surface area contributed by atoms with Crippen molar-refractivity contribution in [1.82, 2.24) is 15.5 Å². The number of rotatable bonds is 10. The summed E-state index contributed by atoms with van der Waals surface area (Å²) >= 11 is 0. The summed E-state index contributed by atoms with van der Waals surface area (Å²) in [5.74, 6) is -0.134. The minimum Gasteiger partial charge on any atom is -0.435 e. The largest absolute Gasteiger partial charge is 0.435 e. The highest BCUT2D eigenvalue weighted by Gasteiger charge is 2.09. The third-order valence-corrected chi connectivity index (χ3v) is 4.19. The van der Waals surface area contributed by atoms with E-state index in [1.165, 1.54) is 12.1 Å². The van der Waals surface area contributed by atoms with Crippen LogP contribution in [0.4, 0.5) is 8.78 Å². The molecular weight excluding hydrogens is 380 g/mol. The fraction of sp³-hybridized carbons (Fsp3) is 0.333. The van der Waals surface area contributed by atoms with E-state index in [2.05, 4.69) is 15.4 Å². The zero-order valence-electron chi connectivity index (χ0n) is 16.5. The van der Waals surface area contributed by atoms with E-state index >= 15 is 0 Å². The molecule has 0 unspecified atom stereocenters. The first-order valence-electron chi connectivity index (χ1n) is 9.17. The van der Waals surface area contributed by atoms with Gasteiger partial charge in [-0.1, -0.05) is 24.3 Å². The Morgan fingerprint density at radius 3 is 2.24 bits per heavy atom. The van der Waals surface area contributed by atoms with Gasteiger partial charge in [-0.2, -0.15) is 8.78 Å². The summed E-state index contributed by atoms with van der Waals surface area (Å²) in [4.78, 5) is 25.5. The predicted octanol–water partition coefficient (Wildman–Crippen LogP) is 2.44. The number of alkyl halides is 2. The van der Waals surface area contributed by atoms with Gasteiger partial charge in [-0.15, -0.1) is 0 Å². The van der Waals surface area contributed by atoms with Crippen LogP contribution >= 0.6 is 0 Å². The average Bonchev–Trinajstić information content (AvgIpc) is 2.68. The lowest BCUT2D eigenvalue weighted by molar-refractivity contribution is -0.122. The molecule has 156 valence electrons. The third-order valence-electron chi connectivity index (χ3n) is 4.19. The molecule has 0 saturated heterocycles. The molecule has 0 radical (unpaired) electrons. The van der Waals surface area contributed by atoms with E-state index in [1.54, 1.807) is 31.3 Å². The second-order valence-electron chi connectivity index (χ2n) is 6.57. The summed E-state index contributed by atoms with van der Waals surface area (Å²) in [5.41, 5.74) is 2.50. The normalized spacial score (nSPS) is 10.8. The number of carbonyl (C=O) groups excluding carboxylic acids is 2. The minimum absolute atomic E-state index is 0.105. The van der Waals surface area contributed by atoms with Crippen LogP contribution in [0.15, 0.2) is 48.5 Å². The number of halogens is 2. The quantitative estimate of drug-likeness (QED) is 0.637. The fourth-order valence-electron chi connectivity index (χ4n) is 2.76. The van der Waals surface area contributed by atoms with Crippen LogP contribution in [0.25, 0.3) is 0 Å². The van der Waals surface area contributed by atoms with Crippen molar-refractivity contribution >= 4 is 11.8 Å². The summed E-state index contributed by atoms with van der Waals surface area (Å²) in [5, 5.41) is 5.41. The molecule has 0 bridgehead atoms. The summed E-state index contributed by atoms with van der Waals surface area (Å²) < 4.78 is 28.6. The number of nitrogens with one attached hydrogen (secondary N) is 2. The Morgan fingerprint density at radius 2 is 1.66 bits per heavy atom. The standard InChI is InChI=1S/C21H25F2N3O3/c1-24-20(28)17-7-3-16(4-8-17)13-26(2)14-19(27)25-12-11-15-5-9-18(10-6-15)29-21(22)23/h3-10,21H,11-14H2,1-2H3,(H,24,28)(H,25,27). The van der Waals surface area contributed by atoms with Crippen LogP contribution in [-0.4, -0.2) is 50.5 Å². The van der Waals surface area contributed by atoms with E-state index < -0.39 is 6.61 Å². The molecule has 0 aromatic heterocycles. The van der Waals surface area contributed by atoms with E-state index in [0.717, 1.165) is 11.1 Å². The number of likely N-dealkylation sites (N-methyl/N-ethyl adjacent to an activating group) is 1. The van der Waals surface area contributed by atoms with Crippen molar-refractivity contribution < 1.29 is 23.1 Å². The number of carbonyl (C=O) groups is 2. The van der Waals surface area contributed by atoms with Gasteiger partial charge in [-0.25, -0.2) is 0 Å². The number of ether oxygens (including phenoxy) is 1. The SMILES string of the molecule is CNC(=O)c1ccc(CN(C)CC(=O)NCCc2ccc(OC(F)F)cc2)cc1. The number of hydrogen-bond donors (Lipinski definition) is 2. The van der Waals surface area contributed by atoms with E-state index in [9.17, 15) is 18.4 Å². The van der Waals surface area contributed by atoms with Crippen LogP contribution < -0.4 is 15.4 Å². The second kappa shape index (κ2) is 11.1. The van der Waals surface area contributed by atoms with E-state index in [-0.39, 0.29) is 24.1 Å². The van der Waals surface area contributed by atoms with Gasteiger partial charge in [-0.3, -0.25) is 14.5 Å². The third kappa shape index (κ3) is 7.87. The summed E-state index contributed by atoms with van der Waals surface area (Å²) in [6.07, 6.45) is 0.589. The van der Waals surface area contributed by atoms with Gasteiger partial charge in [0.05, 0.1) is 6.54 Å². The highest BCUT2D eigenvalue weighted by atomic mass is 19.3. The fourth-order valence-corrected chi connectivity index (χ4v) is 2.76. The molecule has 0 saturated carbocycles. The molecule has 29 heavy (non-hydrogen) atoms. The van der Waals surface area contributed by atoms with Crippen molar-refractivity contribution in [2.24, 2.45) is 0 Å². The maximum atomic E-state index is 12.1. The lowest BCUT2D eigenvalue weighted by Crippen LogP contribution is -2.35. The molecule has 0 fully saturated rings. The predicted molar refractivity (Wildman–Crippen MR) is 106 cm³/mol. The summed E-state index contributed by atoms with van der Waals surface area (Å²) in [6, 6.07) is 13.6. The van der Waals surface area contributed by atoms with E-state index in [0.29, 0.717) is 25.1 Å². The molecule has 2 aromatic carbocycles. The number of hydrogen-bond acceptors (Lipinski definition) is 4. The van der Waals surface area contributed by atoms with Crippen LogP contribution in [0, 0.1) is 0 Å². The van der Waals surface area contributed by atoms with Crippen molar-refractivity contribution in [3.63, 3.8) is 0 Å². The van der Waals surface area contributed by atoms with Gasteiger partial charge in [0.1, 0.15) is 5.75 Å². The monoisotopic (exact) mass is 405 g/mol. The Kier molecular flexibility index (Phi) is 8.54. The zero-order chi connectivity index (χ0) is 21.2. The molecule has 8 heteroatoms. The smallest absolute Gasteiger partial charge is 0.387 e. The molecule has 0 spiro atoms. The molecule has 0 aliphatic rings. The molecule has 0 aliphatic heterocycles. The molecule has 2 aromatic rings. The van der Waals surface area contributed by atoms with E-state index in [4.69, 9.17) is 0 Å². The van der Waals surface area contributed by atoms with Gasteiger partial charge in [0.2, 0.25) is 5.91 Å². The van der Waals surface area contributed by atoms with Crippen LogP contribution in [0.1, 0.15) is 21.5 Å². The second-order valence-corrected chi connectivity index (χ2v) is 6.57. The molecule has 2 amide bonds. The van der Waals surface area contributed by atoms with Gasteiger partial charge >= 0.3 is 6.61 Å². The maximum Gasteiger partial charge on any atom is 0.387 e. The first-order chi connectivity index (χ1) is 13.9. The van der Waals surface area contributed by atoms with Crippen LogP contribution in [0.5, 0.6) is 5.75 Å². The Hall–Kier alpha value is -3.00. The van der Waals surface area contributed by atoms with Gasteiger partial charge < -0.3 is 15.4 Å². The van der Waals surface area contributed by atoms with Crippen molar-refractivity contribution in [1.29, 1.82) is 0 Å². The van der Waals surface area contributed by atoms with Crippen LogP contribution in [0.2, 0.25) is 0 Å². The summed E-state index contributed by atoms with van der Waals surface area (Å²) in [6.45, 7) is -1.58. The Labute approximate surface area is 168 Å². The molecule has 0 heterocycles. The first-order valence-corrected chi connectivity index (χ1v) is 9.17. The topological polar surface area (TPSA) is 70.7 Å². The van der Waals surface area contributed by atoms with Crippen molar-refractivity contribution in [3.05, 3.63) is 65.2 Å². The molecule has 2 rings (SSSR count). The number of amides is 2. The van der Waals surface area contributed by atoms with Gasteiger partial charge in [0, 0.05) is 25.7 Å². The van der Waals surface area contributed by atoms with Crippen LogP contribution in [-0.2, 0) is 17.8 Å². The highest BCUT2D eigenvalue weighted by Crippen LogP contribution is 2.15. The van der Waals surface area contributed by atoms with Gasteiger partial charge in [0.25, 0.3) is 5.91 Å². The Morgan fingerprint density at radius 1 is 1.03 bits per heavy atom. The average molecular weight is 405 g/mol. The maximum absolute atomic E-state index is 12.1. The molecule has 2 N–H and O–H groups in total. The van der Waals surface area contributed by atoms with Crippen molar-refractivity contribution in [2.75, 3.05) is 27.2 Å². The van der Waals surface area contributed by atoms with E-state index in [1.807, 2.05) is 24.1 Å². The van der Waals surface area contributed by atoms with Crippen LogP contribution in [0.3, 0.4) is 0 Å². The number of benzene rings is 2. The van der Waals surface area contributed by atoms with Gasteiger partial charge in [0.15, 0.2) is 0 Å². The molecular formula is C21H25F2N3O3. The Balaban J connectivity index is 1.71. The lowest BCUT2D eigenvalue weighted by Gasteiger charge is -2.16. The molecule has 0 aliphatic carbocycles. The highest BCUT2D eigenvalue weighted by molar-refractivity contribution is 5.93. The van der Waals surface area contributed by atoms with Gasteiger partial charge in [-0.05, 0) is 48.9 Å². The zero-order valence-corrected chi connectivity index (χ0v) is 16.5. The molecule has 0 atom stereocenters. The Bertz CT molecular complexity index is 796. The van der Waals surface area contributed by atoms with Crippen molar-refractivity contribution in [2.45, 2.75) is 19.6 Å². The summed E-state index contributed by atoms with van der Waals surface area (Å²) in [7, 11) is 3.42. The molecule has 6 nitrogen and oxygen atoms in total. The lowest BCUT2D eigenvalue weighted by atomic mass is 10.1. The first kappa shape index (κ1) is 22.3.